The average molecular weight is 529 g/mol. The van der Waals surface area contributed by atoms with Crippen molar-refractivity contribution in [2.45, 2.75) is 43.4 Å². The van der Waals surface area contributed by atoms with Gasteiger partial charge in [0.05, 0.1) is 29.0 Å². The molecule has 1 aromatic heterocycles. The van der Waals surface area contributed by atoms with Crippen molar-refractivity contribution in [2.24, 2.45) is 4.99 Å². The van der Waals surface area contributed by atoms with Crippen molar-refractivity contribution in [3.8, 4) is 0 Å². The summed E-state index contributed by atoms with van der Waals surface area (Å²) in [6, 6.07) is 21.5. The summed E-state index contributed by atoms with van der Waals surface area (Å²) in [4.78, 5) is 33.4. The molecule has 0 fully saturated rings. The van der Waals surface area contributed by atoms with Gasteiger partial charge in [0, 0.05) is 10.1 Å². The van der Waals surface area contributed by atoms with Crippen molar-refractivity contribution in [2.75, 3.05) is 7.11 Å². The minimum atomic E-state index is -0.594. The monoisotopic (exact) mass is 528 g/mol. The van der Waals surface area contributed by atoms with Crippen molar-refractivity contribution in [3.63, 3.8) is 0 Å². The summed E-state index contributed by atoms with van der Waals surface area (Å²) in [5.41, 5.74) is 2.72. The summed E-state index contributed by atoms with van der Waals surface area (Å²) < 4.78 is 7.36. The zero-order valence-electron chi connectivity index (χ0n) is 21.2. The fraction of sp³-hybridized carbons (Fsp3) is 0.233. The van der Waals surface area contributed by atoms with Crippen molar-refractivity contribution in [1.82, 2.24) is 4.57 Å². The normalized spacial score (nSPS) is 15.7. The highest BCUT2D eigenvalue weighted by Crippen LogP contribution is 2.33. The summed E-state index contributed by atoms with van der Waals surface area (Å²) in [6.45, 7) is 6.33. The van der Waals surface area contributed by atoms with E-state index in [1.165, 1.54) is 28.7 Å². The number of hydrogen-bond donors (Lipinski definition) is 0. The minimum Gasteiger partial charge on any atom is -0.466 e. The second-order valence-electron chi connectivity index (χ2n) is 9.06. The molecular weight excluding hydrogens is 500 g/mol. The summed E-state index contributed by atoms with van der Waals surface area (Å²) in [7, 11) is 1.36. The van der Waals surface area contributed by atoms with Crippen LogP contribution in [-0.4, -0.2) is 22.9 Å². The largest absolute Gasteiger partial charge is 0.466 e. The number of hydrogen-bond acceptors (Lipinski definition) is 6. The van der Waals surface area contributed by atoms with Crippen molar-refractivity contribution in [1.29, 1.82) is 0 Å². The van der Waals surface area contributed by atoms with Crippen LogP contribution in [0.15, 0.2) is 92.7 Å². The van der Waals surface area contributed by atoms with Gasteiger partial charge < -0.3 is 4.74 Å². The zero-order valence-corrected chi connectivity index (χ0v) is 22.9. The topological polar surface area (TPSA) is 60.7 Å². The lowest BCUT2D eigenvalue weighted by Gasteiger charge is -2.25. The van der Waals surface area contributed by atoms with Crippen molar-refractivity contribution in [3.05, 3.63) is 109 Å². The maximum Gasteiger partial charge on any atom is 0.338 e. The van der Waals surface area contributed by atoms with Crippen LogP contribution in [0.5, 0.6) is 0 Å². The van der Waals surface area contributed by atoms with E-state index >= 15 is 0 Å². The molecule has 0 unspecified atom stereocenters. The van der Waals surface area contributed by atoms with Crippen LogP contribution in [0.3, 0.4) is 0 Å². The molecule has 7 heteroatoms. The second-order valence-corrected chi connectivity index (χ2v) is 11.7. The van der Waals surface area contributed by atoms with Gasteiger partial charge in [-0.25, -0.2) is 9.79 Å². The van der Waals surface area contributed by atoms with Gasteiger partial charge in [-0.05, 0) is 40.5 Å². The Morgan fingerprint density at radius 1 is 1.08 bits per heavy atom. The molecule has 5 rings (SSSR count). The number of thioether (sulfide) groups is 1. The van der Waals surface area contributed by atoms with E-state index in [4.69, 9.17) is 9.73 Å². The third kappa shape index (κ3) is 4.69. The number of carbonyl (C=O) groups excluding carboxylic acids is 1. The van der Waals surface area contributed by atoms with Crippen LogP contribution in [0.25, 0.3) is 16.8 Å². The lowest BCUT2D eigenvalue weighted by Crippen LogP contribution is -2.40. The van der Waals surface area contributed by atoms with Gasteiger partial charge in [0.2, 0.25) is 0 Å². The van der Waals surface area contributed by atoms with Crippen LogP contribution in [0.4, 0.5) is 0 Å². The summed E-state index contributed by atoms with van der Waals surface area (Å²) in [5, 5.41) is 2.74. The van der Waals surface area contributed by atoms with Crippen LogP contribution in [0.1, 0.15) is 44.4 Å². The number of esters is 1. The van der Waals surface area contributed by atoms with E-state index in [0.29, 0.717) is 32.3 Å². The Morgan fingerprint density at radius 3 is 2.46 bits per heavy atom. The molecule has 1 aliphatic heterocycles. The van der Waals surface area contributed by atoms with Crippen molar-refractivity contribution >= 4 is 45.9 Å². The first kappa shape index (κ1) is 25.2. The minimum absolute atomic E-state index is 0.168. The van der Waals surface area contributed by atoms with Crippen LogP contribution in [-0.2, 0) is 9.53 Å². The number of nitrogens with zero attached hydrogens (tertiary/aromatic N) is 2. The first-order chi connectivity index (χ1) is 17.9. The number of rotatable bonds is 6. The average Bonchev–Trinajstić information content (AvgIpc) is 3.23. The van der Waals surface area contributed by atoms with E-state index in [0.717, 1.165) is 16.5 Å². The molecule has 0 bridgehead atoms. The molecule has 1 aliphatic rings. The molecule has 0 spiro atoms. The van der Waals surface area contributed by atoms with Gasteiger partial charge >= 0.3 is 5.97 Å². The predicted octanol–water partition coefficient (Wildman–Crippen LogP) is 5.45. The quantitative estimate of drug-likeness (QED) is 0.247. The molecule has 0 radical (unpaired) electrons. The zero-order chi connectivity index (χ0) is 26.1. The molecule has 1 atom stereocenters. The van der Waals surface area contributed by atoms with E-state index in [-0.39, 0.29) is 5.56 Å². The van der Waals surface area contributed by atoms with Crippen LogP contribution < -0.4 is 14.9 Å². The number of ether oxygens (including phenoxy) is 1. The smallest absolute Gasteiger partial charge is 0.338 e. The van der Waals surface area contributed by atoms with Crippen LogP contribution in [0.2, 0.25) is 0 Å². The van der Waals surface area contributed by atoms with Gasteiger partial charge in [0.1, 0.15) is 0 Å². The third-order valence-corrected chi connectivity index (χ3v) is 8.40. The van der Waals surface area contributed by atoms with Gasteiger partial charge in [0.25, 0.3) is 5.56 Å². The SMILES string of the molecule is CCC1=C(C(=O)OC)[C@H](c2ccccc2)n2c(s/c(=C\c3ccc(SC(C)C)c4ccccc34)c2=O)=N1. The fourth-order valence-electron chi connectivity index (χ4n) is 4.73. The van der Waals surface area contributed by atoms with E-state index in [2.05, 4.69) is 38.1 Å². The lowest BCUT2D eigenvalue weighted by molar-refractivity contribution is -0.136. The van der Waals surface area contributed by atoms with E-state index in [1.54, 1.807) is 4.57 Å². The maximum absolute atomic E-state index is 13.9. The predicted molar refractivity (Wildman–Crippen MR) is 152 cm³/mol. The highest BCUT2D eigenvalue weighted by Gasteiger charge is 2.33. The van der Waals surface area contributed by atoms with E-state index < -0.39 is 12.0 Å². The fourth-order valence-corrected chi connectivity index (χ4v) is 6.70. The number of aromatic nitrogens is 1. The molecule has 4 aromatic rings. The Bertz CT molecular complexity index is 1700. The van der Waals surface area contributed by atoms with Gasteiger partial charge in [-0.15, -0.1) is 11.8 Å². The van der Waals surface area contributed by atoms with Gasteiger partial charge in [-0.1, -0.05) is 92.8 Å². The summed E-state index contributed by atoms with van der Waals surface area (Å²) >= 11 is 3.19. The Balaban J connectivity index is 1.75. The number of benzene rings is 3. The number of carbonyl (C=O) groups is 1. The lowest BCUT2D eigenvalue weighted by atomic mass is 9.95. The first-order valence-corrected chi connectivity index (χ1v) is 14.0. The summed E-state index contributed by atoms with van der Waals surface area (Å²) in [6.07, 6.45) is 2.50. The highest BCUT2D eigenvalue weighted by atomic mass is 32.2. The second kappa shape index (κ2) is 10.5. The molecule has 0 saturated carbocycles. The molecule has 188 valence electrons. The Hall–Kier alpha value is -3.42. The number of methoxy groups -OCH3 is 1. The van der Waals surface area contributed by atoms with E-state index in [1.807, 2.05) is 67.2 Å². The molecule has 5 nitrogen and oxygen atoms in total. The van der Waals surface area contributed by atoms with Crippen LogP contribution >= 0.6 is 23.1 Å². The van der Waals surface area contributed by atoms with Crippen molar-refractivity contribution < 1.29 is 9.53 Å². The third-order valence-electron chi connectivity index (χ3n) is 6.33. The number of thiazole rings is 1. The molecule has 0 aliphatic carbocycles. The van der Waals surface area contributed by atoms with Crippen LogP contribution in [0, 0.1) is 0 Å². The standard InChI is InChI=1S/C30H28N2O3S2/c1-5-23-26(29(34)35-4)27(19-11-7-6-8-12-19)32-28(33)25(37-30(32)31-23)17-20-15-16-24(36-18(2)3)22-14-10-9-13-21(20)22/h6-18,27H,5H2,1-4H3/b25-17-/t27-/m0/s1. The number of fused-ring (bicyclic) bond motifs is 2. The summed E-state index contributed by atoms with van der Waals surface area (Å²) in [5.74, 6) is -0.465. The molecular formula is C30H28N2O3S2. The molecule has 37 heavy (non-hydrogen) atoms. The highest BCUT2D eigenvalue weighted by molar-refractivity contribution is 8.00. The Morgan fingerprint density at radius 2 is 1.78 bits per heavy atom. The molecule has 2 heterocycles. The first-order valence-electron chi connectivity index (χ1n) is 12.3. The van der Waals surface area contributed by atoms with E-state index in [9.17, 15) is 9.59 Å². The number of allylic oxidation sites excluding steroid dienone is 1. The molecule has 0 N–H and O–H groups in total. The Kier molecular flexibility index (Phi) is 7.17. The molecule has 0 saturated heterocycles. The maximum atomic E-state index is 13.9. The molecule has 3 aromatic carbocycles. The Labute approximate surface area is 223 Å². The van der Waals surface area contributed by atoms with Gasteiger partial charge in [0.15, 0.2) is 4.80 Å². The molecule has 0 amide bonds. The van der Waals surface area contributed by atoms with Gasteiger partial charge in [-0.2, -0.15) is 0 Å². The van der Waals surface area contributed by atoms with Gasteiger partial charge in [-0.3, -0.25) is 9.36 Å².